The van der Waals surface area contributed by atoms with Gasteiger partial charge in [-0.3, -0.25) is 0 Å². The molecule has 0 bridgehead atoms. The molecule has 1 atom stereocenters. The maximum atomic E-state index is 8.45. The maximum absolute atomic E-state index is 8.45. The van der Waals surface area contributed by atoms with E-state index in [-0.39, 0.29) is 12.5 Å². The smallest absolute Gasteiger partial charge is 0.133 e. The van der Waals surface area contributed by atoms with Crippen molar-refractivity contribution in [2.75, 3.05) is 0 Å². The number of nitriles is 1. The van der Waals surface area contributed by atoms with Gasteiger partial charge in [-0.05, 0) is 22.0 Å². The zero-order valence-electron chi connectivity index (χ0n) is 6.67. The van der Waals surface area contributed by atoms with Crippen LogP contribution in [0.15, 0.2) is 16.7 Å². The molecule has 0 aliphatic heterocycles. The van der Waals surface area contributed by atoms with E-state index in [4.69, 9.17) is 22.6 Å². The molecule has 0 saturated heterocycles. The molecule has 2 N–H and O–H groups in total. The Bertz CT molecular complexity index is 348. The minimum Gasteiger partial charge on any atom is -0.323 e. The molecule has 1 aromatic heterocycles. The SMILES string of the molecule is N#CC[C@H](N)c1cc(Br)cnc1Cl. The first kappa shape index (κ1) is 10.5. The Morgan fingerprint density at radius 1 is 1.77 bits per heavy atom. The molecule has 3 nitrogen and oxygen atoms in total. The number of nitrogens with two attached hydrogens (primary N) is 1. The molecule has 13 heavy (non-hydrogen) atoms. The number of hydrogen-bond acceptors (Lipinski definition) is 3. The van der Waals surface area contributed by atoms with E-state index in [1.165, 1.54) is 0 Å². The molecule has 0 aliphatic carbocycles. The molecule has 0 spiro atoms. The van der Waals surface area contributed by atoms with Crippen molar-refractivity contribution in [2.45, 2.75) is 12.5 Å². The summed E-state index contributed by atoms with van der Waals surface area (Å²) < 4.78 is 0.806. The van der Waals surface area contributed by atoms with Crippen LogP contribution in [0.3, 0.4) is 0 Å². The lowest BCUT2D eigenvalue weighted by Crippen LogP contribution is -2.10. The Balaban J connectivity index is 3.00. The van der Waals surface area contributed by atoms with Crippen LogP contribution in [0.1, 0.15) is 18.0 Å². The predicted octanol–water partition coefficient (Wildman–Crippen LogP) is 2.41. The van der Waals surface area contributed by atoms with Crippen LogP contribution in [0.5, 0.6) is 0 Å². The summed E-state index contributed by atoms with van der Waals surface area (Å²) in [6, 6.07) is 3.39. The van der Waals surface area contributed by atoms with Gasteiger partial charge in [0.15, 0.2) is 0 Å². The summed E-state index contributed by atoms with van der Waals surface area (Å²) in [5.41, 5.74) is 6.40. The Morgan fingerprint density at radius 3 is 3.08 bits per heavy atom. The normalized spacial score (nSPS) is 12.2. The standard InChI is InChI=1S/C8H7BrClN3/c9-5-3-6(7(12)1-2-11)8(10)13-4-5/h3-4,7H,1,12H2/t7-/m0/s1. The van der Waals surface area contributed by atoms with Crippen LogP contribution < -0.4 is 5.73 Å². The van der Waals surface area contributed by atoms with Crippen LogP contribution in [-0.2, 0) is 0 Å². The number of aromatic nitrogens is 1. The van der Waals surface area contributed by atoms with Gasteiger partial charge in [0.05, 0.1) is 12.5 Å². The van der Waals surface area contributed by atoms with Gasteiger partial charge < -0.3 is 5.73 Å². The average Bonchev–Trinajstić information content (AvgIpc) is 2.09. The van der Waals surface area contributed by atoms with Gasteiger partial charge in [-0.1, -0.05) is 11.6 Å². The largest absolute Gasteiger partial charge is 0.323 e. The first-order chi connectivity index (χ1) is 6.15. The minimum atomic E-state index is -0.373. The highest BCUT2D eigenvalue weighted by Gasteiger charge is 2.10. The van der Waals surface area contributed by atoms with Crippen molar-refractivity contribution < 1.29 is 0 Å². The van der Waals surface area contributed by atoms with Crippen molar-refractivity contribution in [3.63, 3.8) is 0 Å². The second-order valence-electron chi connectivity index (χ2n) is 2.50. The number of pyridine rings is 1. The lowest BCUT2D eigenvalue weighted by atomic mass is 10.1. The van der Waals surface area contributed by atoms with Crippen LogP contribution in [0.2, 0.25) is 5.15 Å². The molecule has 5 heteroatoms. The summed E-state index contributed by atoms with van der Waals surface area (Å²) in [4.78, 5) is 3.91. The van der Waals surface area contributed by atoms with Crippen molar-refractivity contribution in [1.29, 1.82) is 5.26 Å². The topological polar surface area (TPSA) is 62.7 Å². The maximum Gasteiger partial charge on any atom is 0.133 e. The lowest BCUT2D eigenvalue weighted by Gasteiger charge is -2.09. The Hall–Kier alpha value is -0.630. The molecule has 0 aliphatic rings. The van der Waals surface area contributed by atoms with E-state index in [9.17, 15) is 0 Å². The molecule has 0 amide bonds. The number of nitrogens with zero attached hydrogens (tertiary/aromatic N) is 2. The summed E-state index contributed by atoms with van der Waals surface area (Å²) in [5.74, 6) is 0. The molecule has 1 aromatic rings. The van der Waals surface area contributed by atoms with Crippen LogP contribution >= 0.6 is 27.5 Å². The van der Waals surface area contributed by atoms with Crippen LogP contribution in [0.25, 0.3) is 0 Å². The minimum absolute atomic E-state index is 0.234. The van der Waals surface area contributed by atoms with Crippen molar-refractivity contribution in [3.8, 4) is 6.07 Å². The molecule has 68 valence electrons. The molecule has 0 saturated carbocycles. The van der Waals surface area contributed by atoms with E-state index >= 15 is 0 Å². The van der Waals surface area contributed by atoms with Crippen LogP contribution in [0.4, 0.5) is 0 Å². The van der Waals surface area contributed by atoms with Gasteiger partial charge in [0.2, 0.25) is 0 Å². The molecule has 0 fully saturated rings. The van der Waals surface area contributed by atoms with E-state index in [0.29, 0.717) is 10.7 Å². The number of halogens is 2. The van der Waals surface area contributed by atoms with Crippen molar-refractivity contribution in [1.82, 2.24) is 4.98 Å². The Morgan fingerprint density at radius 2 is 2.46 bits per heavy atom. The first-order valence-corrected chi connectivity index (χ1v) is 4.75. The zero-order valence-corrected chi connectivity index (χ0v) is 9.01. The highest BCUT2D eigenvalue weighted by atomic mass is 79.9. The van der Waals surface area contributed by atoms with Gasteiger partial charge in [-0.15, -0.1) is 0 Å². The summed E-state index contributed by atoms with van der Waals surface area (Å²) in [7, 11) is 0. The van der Waals surface area contributed by atoms with E-state index in [1.54, 1.807) is 12.3 Å². The second-order valence-corrected chi connectivity index (χ2v) is 3.78. The lowest BCUT2D eigenvalue weighted by molar-refractivity contribution is 0.743. The Labute approximate surface area is 89.6 Å². The highest BCUT2D eigenvalue weighted by Crippen LogP contribution is 2.24. The summed E-state index contributed by atoms with van der Waals surface area (Å²) in [5, 5.41) is 8.81. The quantitative estimate of drug-likeness (QED) is 0.831. The first-order valence-electron chi connectivity index (χ1n) is 3.58. The molecule has 1 heterocycles. The highest BCUT2D eigenvalue weighted by molar-refractivity contribution is 9.10. The number of hydrogen-bond donors (Lipinski definition) is 1. The molecule has 0 unspecified atom stereocenters. The average molecular weight is 261 g/mol. The summed E-state index contributed by atoms with van der Waals surface area (Å²) in [6.45, 7) is 0. The fourth-order valence-corrected chi connectivity index (χ4v) is 1.50. The van der Waals surface area contributed by atoms with E-state index < -0.39 is 0 Å². The Kier molecular flexibility index (Phi) is 3.67. The molecule has 0 radical (unpaired) electrons. The molecule has 1 rings (SSSR count). The third kappa shape index (κ3) is 2.66. The molecule has 0 aromatic carbocycles. The van der Waals surface area contributed by atoms with Crippen LogP contribution in [-0.4, -0.2) is 4.98 Å². The molecular weight excluding hydrogens is 253 g/mol. The van der Waals surface area contributed by atoms with Gasteiger partial charge in [0.25, 0.3) is 0 Å². The van der Waals surface area contributed by atoms with E-state index in [1.807, 2.05) is 6.07 Å². The van der Waals surface area contributed by atoms with Crippen molar-refractivity contribution in [3.05, 3.63) is 27.5 Å². The van der Waals surface area contributed by atoms with Gasteiger partial charge in [-0.2, -0.15) is 5.26 Å². The monoisotopic (exact) mass is 259 g/mol. The fourth-order valence-electron chi connectivity index (χ4n) is 0.907. The second kappa shape index (κ2) is 4.56. The third-order valence-corrected chi connectivity index (χ3v) is 2.29. The van der Waals surface area contributed by atoms with E-state index in [2.05, 4.69) is 20.9 Å². The van der Waals surface area contributed by atoms with Crippen molar-refractivity contribution in [2.24, 2.45) is 5.73 Å². The van der Waals surface area contributed by atoms with E-state index in [0.717, 1.165) is 4.47 Å². The zero-order chi connectivity index (χ0) is 9.84. The predicted molar refractivity (Wildman–Crippen MR) is 54.1 cm³/mol. The summed E-state index contributed by atoms with van der Waals surface area (Å²) >= 11 is 9.06. The fraction of sp³-hybridized carbons (Fsp3) is 0.250. The molecular formula is C8H7BrClN3. The van der Waals surface area contributed by atoms with Gasteiger partial charge in [-0.25, -0.2) is 4.98 Å². The summed E-state index contributed by atoms with van der Waals surface area (Å²) in [6.07, 6.45) is 1.82. The van der Waals surface area contributed by atoms with Gasteiger partial charge in [0.1, 0.15) is 5.15 Å². The van der Waals surface area contributed by atoms with Gasteiger partial charge in [0, 0.05) is 22.3 Å². The van der Waals surface area contributed by atoms with Gasteiger partial charge >= 0.3 is 0 Å². The van der Waals surface area contributed by atoms with Crippen LogP contribution in [0, 0.1) is 11.3 Å². The van der Waals surface area contributed by atoms with Crippen molar-refractivity contribution >= 4 is 27.5 Å². The third-order valence-electron chi connectivity index (χ3n) is 1.54. The number of rotatable bonds is 2.